The number of hydrogen-bond acceptors (Lipinski definition) is 3. The fourth-order valence-corrected chi connectivity index (χ4v) is 1.79. The lowest BCUT2D eigenvalue weighted by molar-refractivity contribution is 0.366. The van der Waals surface area contributed by atoms with Crippen molar-refractivity contribution in [2.24, 2.45) is 5.73 Å². The minimum absolute atomic E-state index is 0.118. The van der Waals surface area contributed by atoms with E-state index in [1.54, 1.807) is 7.11 Å². The first kappa shape index (κ1) is 12.0. The van der Waals surface area contributed by atoms with Crippen molar-refractivity contribution in [3.05, 3.63) is 29.8 Å². The molecule has 0 fully saturated rings. The molecule has 0 amide bonds. The first-order valence-corrected chi connectivity index (χ1v) is 5.09. The highest BCUT2D eigenvalue weighted by atomic mass is 16.5. The van der Waals surface area contributed by atoms with E-state index >= 15 is 0 Å². The van der Waals surface area contributed by atoms with Gasteiger partial charge in [-0.05, 0) is 38.6 Å². The zero-order valence-electron chi connectivity index (χ0n) is 9.87. The van der Waals surface area contributed by atoms with E-state index in [1.165, 1.54) is 0 Å². The van der Waals surface area contributed by atoms with Crippen molar-refractivity contribution >= 4 is 0 Å². The maximum Gasteiger partial charge on any atom is 0.119 e. The molecule has 0 aromatic heterocycles. The van der Waals surface area contributed by atoms with Crippen LogP contribution in [0.1, 0.15) is 25.5 Å². The monoisotopic (exact) mass is 208 g/mol. The summed E-state index contributed by atoms with van der Waals surface area (Å²) < 4.78 is 5.19. The summed E-state index contributed by atoms with van der Waals surface area (Å²) in [6, 6.07) is 8.09. The van der Waals surface area contributed by atoms with Gasteiger partial charge in [-0.1, -0.05) is 12.1 Å². The fourth-order valence-electron chi connectivity index (χ4n) is 1.79. The third kappa shape index (κ3) is 2.94. The standard InChI is InChI=1S/C12H20N2O/c1-12(2,13)11(14-3)9-6-5-7-10(8-9)15-4/h5-8,11,14H,13H2,1-4H3. The Morgan fingerprint density at radius 2 is 2.07 bits per heavy atom. The molecule has 0 heterocycles. The highest BCUT2D eigenvalue weighted by molar-refractivity contribution is 5.32. The molecular weight excluding hydrogens is 188 g/mol. The quantitative estimate of drug-likeness (QED) is 0.791. The average Bonchev–Trinajstić information content (AvgIpc) is 2.17. The first-order valence-electron chi connectivity index (χ1n) is 5.09. The van der Waals surface area contributed by atoms with Crippen LogP contribution in [0.2, 0.25) is 0 Å². The predicted octanol–water partition coefficient (Wildman–Crippen LogP) is 1.69. The molecule has 1 unspecified atom stereocenters. The fraction of sp³-hybridized carbons (Fsp3) is 0.500. The average molecular weight is 208 g/mol. The number of likely N-dealkylation sites (N-methyl/N-ethyl adjacent to an activating group) is 1. The lowest BCUT2D eigenvalue weighted by Gasteiger charge is -2.30. The molecule has 84 valence electrons. The van der Waals surface area contributed by atoms with Crippen LogP contribution in [0.5, 0.6) is 5.75 Å². The van der Waals surface area contributed by atoms with Gasteiger partial charge in [-0.3, -0.25) is 0 Å². The van der Waals surface area contributed by atoms with Crippen LogP contribution in [0.25, 0.3) is 0 Å². The second-order valence-corrected chi connectivity index (χ2v) is 4.32. The van der Waals surface area contributed by atoms with Crippen LogP contribution >= 0.6 is 0 Å². The number of methoxy groups -OCH3 is 1. The molecule has 0 saturated carbocycles. The molecule has 0 radical (unpaired) electrons. The number of rotatable bonds is 4. The van der Waals surface area contributed by atoms with E-state index < -0.39 is 0 Å². The molecule has 1 rings (SSSR count). The number of nitrogens with two attached hydrogens (primary N) is 1. The largest absolute Gasteiger partial charge is 0.497 e. The van der Waals surface area contributed by atoms with Crippen molar-refractivity contribution in [3.8, 4) is 5.75 Å². The lowest BCUT2D eigenvalue weighted by atomic mass is 9.90. The molecule has 1 aromatic rings. The molecule has 0 bridgehead atoms. The summed E-state index contributed by atoms with van der Waals surface area (Å²) in [5, 5.41) is 3.23. The molecule has 1 aromatic carbocycles. The maximum atomic E-state index is 6.11. The Morgan fingerprint density at radius 1 is 1.40 bits per heavy atom. The van der Waals surface area contributed by atoms with Crippen LogP contribution in [0.3, 0.4) is 0 Å². The summed E-state index contributed by atoms with van der Waals surface area (Å²) >= 11 is 0. The zero-order chi connectivity index (χ0) is 11.5. The van der Waals surface area contributed by atoms with Gasteiger partial charge in [-0.15, -0.1) is 0 Å². The van der Waals surface area contributed by atoms with Gasteiger partial charge in [0.2, 0.25) is 0 Å². The van der Waals surface area contributed by atoms with Gasteiger partial charge in [0, 0.05) is 11.6 Å². The molecule has 0 spiro atoms. The molecule has 15 heavy (non-hydrogen) atoms. The van der Waals surface area contributed by atoms with E-state index in [0.29, 0.717) is 0 Å². The minimum Gasteiger partial charge on any atom is -0.497 e. The molecule has 1 atom stereocenters. The molecule has 3 heteroatoms. The first-order chi connectivity index (χ1) is 6.99. The Bertz CT molecular complexity index is 318. The normalized spacial score (nSPS) is 13.7. The van der Waals surface area contributed by atoms with Gasteiger partial charge in [0.05, 0.1) is 7.11 Å². The van der Waals surface area contributed by atoms with Crippen molar-refractivity contribution in [3.63, 3.8) is 0 Å². The van der Waals surface area contributed by atoms with Gasteiger partial charge < -0.3 is 15.8 Å². The van der Waals surface area contributed by atoms with Gasteiger partial charge >= 0.3 is 0 Å². The van der Waals surface area contributed by atoms with Gasteiger partial charge in [-0.25, -0.2) is 0 Å². The second-order valence-electron chi connectivity index (χ2n) is 4.32. The molecule has 3 N–H and O–H groups in total. The molecule has 0 saturated heterocycles. The molecular formula is C12H20N2O. The Labute approximate surface area is 91.6 Å². The highest BCUT2D eigenvalue weighted by Crippen LogP contribution is 2.25. The van der Waals surface area contributed by atoms with Crippen LogP contribution < -0.4 is 15.8 Å². The SMILES string of the molecule is CNC(c1cccc(OC)c1)C(C)(C)N. The third-order valence-electron chi connectivity index (χ3n) is 2.46. The van der Waals surface area contributed by atoms with E-state index in [0.717, 1.165) is 11.3 Å². The number of benzene rings is 1. The number of hydrogen-bond donors (Lipinski definition) is 2. The van der Waals surface area contributed by atoms with Gasteiger partial charge in [0.1, 0.15) is 5.75 Å². The van der Waals surface area contributed by atoms with E-state index in [9.17, 15) is 0 Å². The van der Waals surface area contributed by atoms with Crippen LogP contribution in [-0.4, -0.2) is 19.7 Å². The third-order valence-corrected chi connectivity index (χ3v) is 2.46. The van der Waals surface area contributed by atoms with Crippen molar-refractivity contribution in [1.82, 2.24) is 5.32 Å². The second kappa shape index (κ2) is 4.64. The van der Waals surface area contributed by atoms with Crippen molar-refractivity contribution in [1.29, 1.82) is 0 Å². The Balaban J connectivity index is 3.02. The Kier molecular flexibility index (Phi) is 3.72. The van der Waals surface area contributed by atoms with E-state index in [-0.39, 0.29) is 11.6 Å². The van der Waals surface area contributed by atoms with Crippen molar-refractivity contribution < 1.29 is 4.74 Å². The maximum absolute atomic E-state index is 6.11. The minimum atomic E-state index is -0.304. The topological polar surface area (TPSA) is 47.3 Å². The van der Waals surface area contributed by atoms with Crippen LogP contribution in [0.4, 0.5) is 0 Å². The summed E-state index contributed by atoms with van der Waals surface area (Å²) in [5.74, 6) is 0.858. The number of nitrogens with one attached hydrogen (secondary N) is 1. The van der Waals surface area contributed by atoms with E-state index in [2.05, 4.69) is 11.4 Å². The highest BCUT2D eigenvalue weighted by Gasteiger charge is 2.25. The Hall–Kier alpha value is -1.06. The molecule has 0 aliphatic rings. The number of ether oxygens (including phenoxy) is 1. The molecule has 3 nitrogen and oxygen atoms in total. The van der Waals surface area contributed by atoms with E-state index in [4.69, 9.17) is 10.5 Å². The van der Waals surface area contributed by atoms with Crippen molar-refractivity contribution in [2.75, 3.05) is 14.2 Å². The molecule has 0 aliphatic heterocycles. The summed E-state index contributed by atoms with van der Waals surface area (Å²) in [7, 11) is 3.58. The summed E-state index contributed by atoms with van der Waals surface area (Å²) in [6.07, 6.45) is 0. The van der Waals surface area contributed by atoms with E-state index in [1.807, 2.05) is 39.1 Å². The van der Waals surface area contributed by atoms with Gasteiger partial charge in [0.15, 0.2) is 0 Å². The summed E-state index contributed by atoms with van der Waals surface area (Å²) in [4.78, 5) is 0. The zero-order valence-corrected chi connectivity index (χ0v) is 9.87. The van der Waals surface area contributed by atoms with Crippen LogP contribution in [0.15, 0.2) is 24.3 Å². The summed E-state index contributed by atoms with van der Waals surface area (Å²) in [6.45, 7) is 4.02. The van der Waals surface area contributed by atoms with Crippen molar-refractivity contribution in [2.45, 2.75) is 25.4 Å². The Morgan fingerprint density at radius 3 is 2.53 bits per heavy atom. The van der Waals surface area contributed by atoms with Gasteiger partial charge in [0.25, 0.3) is 0 Å². The van der Waals surface area contributed by atoms with Gasteiger partial charge in [-0.2, -0.15) is 0 Å². The predicted molar refractivity (Wildman–Crippen MR) is 63.1 cm³/mol. The molecule has 0 aliphatic carbocycles. The van der Waals surface area contributed by atoms with Crippen LogP contribution in [0, 0.1) is 0 Å². The smallest absolute Gasteiger partial charge is 0.119 e. The van der Waals surface area contributed by atoms with Crippen LogP contribution in [-0.2, 0) is 0 Å². The summed E-state index contributed by atoms with van der Waals surface area (Å²) in [5.41, 5.74) is 6.95. The lowest BCUT2D eigenvalue weighted by Crippen LogP contribution is -2.45.